The van der Waals surface area contributed by atoms with Crippen molar-refractivity contribution in [2.45, 2.75) is 0 Å². The quantitative estimate of drug-likeness (QED) is 0.168. The SMILES string of the molecule is O=c1oc2c(Br)cc3c(-c4ccccc4)c(=O)oc4c(Br)cc(c1-c1ccccc1)c2c34. The van der Waals surface area contributed by atoms with Crippen molar-refractivity contribution in [3.63, 3.8) is 0 Å². The molecule has 0 aliphatic heterocycles. The fourth-order valence-corrected chi connectivity index (χ4v) is 5.38. The Bertz CT molecular complexity index is 1630. The molecule has 6 heteroatoms. The van der Waals surface area contributed by atoms with Gasteiger partial charge in [-0.25, -0.2) is 9.59 Å². The zero-order valence-electron chi connectivity index (χ0n) is 16.3. The molecular weight excluding hydrogens is 536 g/mol. The van der Waals surface area contributed by atoms with Gasteiger partial charge in [0.05, 0.1) is 20.1 Å². The van der Waals surface area contributed by atoms with E-state index >= 15 is 0 Å². The van der Waals surface area contributed by atoms with Gasteiger partial charge in [0, 0.05) is 21.5 Å². The monoisotopic (exact) mass is 546 g/mol. The minimum absolute atomic E-state index is 0.419. The van der Waals surface area contributed by atoms with Gasteiger partial charge in [-0.1, -0.05) is 60.7 Å². The predicted molar refractivity (Wildman–Crippen MR) is 133 cm³/mol. The molecule has 0 spiro atoms. The van der Waals surface area contributed by atoms with Gasteiger partial charge < -0.3 is 8.83 Å². The first-order chi connectivity index (χ1) is 15.5. The maximum atomic E-state index is 13.1. The highest BCUT2D eigenvalue weighted by atomic mass is 79.9. The van der Waals surface area contributed by atoms with Gasteiger partial charge >= 0.3 is 11.3 Å². The van der Waals surface area contributed by atoms with Crippen LogP contribution in [0.1, 0.15) is 0 Å². The molecule has 4 nitrogen and oxygen atoms in total. The van der Waals surface area contributed by atoms with Crippen molar-refractivity contribution in [3.8, 4) is 22.3 Å². The fraction of sp³-hybridized carbons (Fsp3) is 0. The lowest BCUT2D eigenvalue weighted by molar-refractivity contribution is 0.559. The lowest BCUT2D eigenvalue weighted by atomic mass is 9.93. The van der Waals surface area contributed by atoms with Crippen LogP contribution in [0.4, 0.5) is 0 Å². The van der Waals surface area contributed by atoms with E-state index in [1.807, 2.05) is 72.8 Å². The highest BCUT2D eigenvalue weighted by Crippen LogP contribution is 2.45. The third-order valence-corrected chi connectivity index (χ3v) is 6.86. The molecule has 0 aliphatic carbocycles. The molecule has 32 heavy (non-hydrogen) atoms. The summed E-state index contributed by atoms with van der Waals surface area (Å²) < 4.78 is 12.8. The van der Waals surface area contributed by atoms with E-state index in [1.165, 1.54) is 0 Å². The molecule has 0 bridgehead atoms. The summed E-state index contributed by atoms with van der Waals surface area (Å²) >= 11 is 7.13. The van der Waals surface area contributed by atoms with Crippen molar-refractivity contribution >= 4 is 64.6 Å². The number of benzene rings is 4. The van der Waals surface area contributed by atoms with Crippen molar-refractivity contribution in [2.24, 2.45) is 0 Å². The van der Waals surface area contributed by atoms with Crippen LogP contribution in [0, 0.1) is 0 Å². The summed E-state index contributed by atoms with van der Waals surface area (Å²) in [5.41, 5.74) is 2.42. The van der Waals surface area contributed by atoms with Crippen molar-refractivity contribution < 1.29 is 8.83 Å². The molecule has 0 fully saturated rings. The molecule has 0 radical (unpaired) electrons. The highest BCUT2D eigenvalue weighted by molar-refractivity contribution is 9.11. The molecule has 0 unspecified atom stereocenters. The topological polar surface area (TPSA) is 60.4 Å². The van der Waals surface area contributed by atoms with E-state index in [2.05, 4.69) is 31.9 Å². The van der Waals surface area contributed by atoms with E-state index in [9.17, 15) is 9.59 Å². The molecule has 6 aromatic rings. The zero-order valence-corrected chi connectivity index (χ0v) is 19.5. The molecule has 0 aliphatic rings. The van der Waals surface area contributed by atoms with Gasteiger partial charge in [0.25, 0.3) is 0 Å². The first-order valence-electron chi connectivity index (χ1n) is 9.83. The minimum atomic E-state index is -0.431. The average Bonchev–Trinajstić information content (AvgIpc) is 2.79. The Morgan fingerprint density at radius 3 is 1.31 bits per heavy atom. The van der Waals surface area contributed by atoms with Gasteiger partial charge in [0.1, 0.15) is 0 Å². The average molecular weight is 548 g/mol. The standard InChI is InChI=1S/C26H12Br2O4/c27-17-11-15-19(13-7-3-1-4-8-13)25(29)31-23-18(28)12-16-20(14-9-5-2-6-10-14)26(30)32-24(17)22(16)21(15)23/h1-12H. The highest BCUT2D eigenvalue weighted by Gasteiger charge is 2.25. The van der Waals surface area contributed by atoms with E-state index in [0.717, 1.165) is 32.7 Å². The van der Waals surface area contributed by atoms with Crippen molar-refractivity contribution in [1.82, 2.24) is 0 Å². The smallest absolute Gasteiger partial charge is 0.344 e. The van der Waals surface area contributed by atoms with E-state index < -0.39 is 11.3 Å². The summed E-state index contributed by atoms with van der Waals surface area (Å²) in [6.45, 7) is 0. The first kappa shape index (κ1) is 19.5. The van der Waals surface area contributed by atoms with Gasteiger partial charge in [-0.2, -0.15) is 0 Å². The molecule has 2 heterocycles. The van der Waals surface area contributed by atoms with E-state index in [4.69, 9.17) is 8.83 Å². The van der Waals surface area contributed by atoms with Crippen LogP contribution >= 0.6 is 31.9 Å². The summed E-state index contributed by atoms with van der Waals surface area (Å²) in [4.78, 5) is 26.1. The molecule has 6 rings (SSSR count). The maximum absolute atomic E-state index is 13.1. The normalized spacial score (nSPS) is 11.7. The Balaban J connectivity index is 1.91. The summed E-state index contributed by atoms with van der Waals surface area (Å²) in [5, 5.41) is 2.90. The van der Waals surface area contributed by atoms with Gasteiger partial charge in [-0.15, -0.1) is 0 Å². The van der Waals surface area contributed by atoms with E-state index in [1.54, 1.807) is 0 Å². The lowest BCUT2D eigenvalue weighted by Gasteiger charge is -2.16. The minimum Gasteiger partial charge on any atom is -0.421 e. The van der Waals surface area contributed by atoms with Crippen LogP contribution in [-0.2, 0) is 0 Å². The molecule has 0 saturated carbocycles. The molecule has 0 N–H and O–H groups in total. The van der Waals surface area contributed by atoms with Crippen LogP contribution in [0.25, 0.3) is 55.0 Å². The largest absolute Gasteiger partial charge is 0.421 e. The van der Waals surface area contributed by atoms with Gasteiger partial charge in [0.15, 0.2) is 11.2 Å². The second-order valence-corrected chi connectivity index (χ2v) is 9.19. The number of hydrogen-bond acceptors (Lipinski definition) is 4. The predicted octanol–water partition coefficient (Wildman–Crippen LogP) is 7.35. The maximum Gasteiger partial charge on any atom is 0.344 e. The lowest BCUT2D eigenvalue weighted by Crippen LogP contribution is -2.08. The third-order valence-electron chi connectivity index (χ3n) is 5.68. The van der Waals surface area contributed by atoms with Crippen LogP contribution in [-0.4, -0.2) is 0 Å². The van der Waals surface area contributed by atoms with Crippen LogP contribution in [0.15, 0.2) is 100 Å². The summed E-state index contributed by atoms with van der Waals surface area (Å²) in [6, 6.07) is 22.5. The van der Waals surface area contributed by atoms with Gasteiger partial charge in [0.2, 0.25) is 0 Å². The molecule has 154 valence electrons. The molecule has 4 aromatic carbocycles. The van der Waals surface area contributed by atoms with E-state index in [0.29, 0.717) is 31.2 Å². The Morgan fingerprint density at radius 2 is 0.938 bits per heavy atom. The second-order valence-electron chi connectivity index (χ2n) is 7.48. The Kier molecular flexibility index (Phi) is 4.35. The summed E-state index contributed by atoms with van der Waals surface area (Å²) in [5.74, 6) is 0. The fourth-order valence-electron chi connectivity index (χ4n) is 4.37. The Labute approximate surface area is 197 Å². The molecular formula is C26H12Br2O4. The number of hydrogen-bond donors (Lipinski definition) is 0. The molecule has 0 amide bonds. The summed E-state index contributed by atoms with van der Waals surface area (Å²) in [6.07, 6.45) is 0. The first-order valence-corrected chi connectivity index (χ1v) is 11.4. The molecule has 0 atom stereocenters. The van der Waals surface area contributed by atoms with Crippen LogP contribution < -0.4 is 11.3 Å². The number of rotatable bonds is 2. The zero-order chi connectivity index (χ0) is 22.0. The van der Waals surface area contributed by atoms with Gasteiger partial charge in [-0.05, 0) is 55.1 Å². The van der Waals surface area contributed by atoms with Crippen LogP contribution in [0.3, 0.4) is 0 Å². The third kappa shape index (κ3) is 2.73. The summed E-state index contributed by atoms with van der Waals surface area (Å²) in [7, 11) is 0. The van der Waals surface area contributed by atoms with E-state index in [-0.39, 0.29) is 0 Å². The van der Waals surface area contributed by atoms with Crippen LogP contribution in [0.5, 0.6) is 0 Å². The second kappa shape index (κ2) is 7.15. The number of halogens is 2. The molecule has 0 saturated heterocycles. The van der Waals surface area contributed by atoms with Gasteiger partial charge in [-0.3, -0.25) is 0 Å². The molecule has 2 aromatic heterocycles. The van der Waals surface area contributed by atoms with Crippen LogP contribution in [0.2, 0.25) is 0 Å². The van der Waals surface area contributed by atoms with Crippen molar-refractivity contribution in [3.05, 3.63) is 103 Å². The Morgan fingerprint density at radius 1 is 0.562 bits per heavy atom. The Hall–Kier alpha value is -3.22. The van der Waals surface area contributed by atoms with Crippen molar-refractivity contribution in [2.75, 3.05) is 0 Å². The van der Waals surface area contributed by atoms with Crippen molar-refractivity contribution in [1.29, 1.82) is 0 Å².